The topological polar surface area (TPSA) is 97.1 Å². The van der Waals surface area contributed by atoms with Crippen LogP contribution in [0.4, 0.5) is 11.5 Å². The predicted octanol–water partition coefficient (Wildman–Crippen LogP) is 5.16. The predicted molar refractivity (Wildman–Crippen MR) is 127 cm³/mol. The molecular formula is C24H22Cl2N4O2. The molecule has 2 aromatic carbocycles. The van der Waals surface area contributed by atoms with Gasteiger partial charge in [0.05, 0.1) is 10.6 Å². The van der Waals surface area contributed by atoms with Crippen LogP contribution in [0, 0.1) is 0 Å². The fraction of sp³-hybridized carbons (Fsp3) is 0.208. The molecule has 1 fully saturated rings. The highest BCUT2D eigenvalue weighted by Gasteiger charge is 2.45. The van der Waals surface area contributed by atoms with E-state index in [4.69, 9.17) is 28.9 Å². The van der Waals surface area contributed by atoms with Crippen LogP contribution in [0.5, 0.6) is 0 Å². The molecule has 0 unspecified atom stereocenters. The maximum atomic E-state index is 12.8. The normalized spacial score (nSPS) is 13.9. The Kier molecular flexibility index (Phi) is 6.35. The Hall–Kier alpha value is -3.09. The fourth-order valence-electron chi connectivity index (χ4n) is 3.72. The van der Waals surface area contributed by atoms with Crippen LogP contribution in [-0.2, 0) is 16.8 Å². The first kappa shape index (κ1) is 22.1. The summed E-state index contributed by atoms with van der Waals surface area (Å²) in [5.74, 6) is -0.205. The van der Waals surface area contributed by atoms with E-state index in [-0.39, 0.29) is 17.2 Å². The summed E-state index contributed by atoms with van der Waals surface area (Å²) in [6.07, 6.45) is 3.82. The zero-order valence-corrected chi connectivity index (χ0v) is 18.7. The van der Waals surface area contributed by atoms with Crippen molar-refractivity contribution in [3.05, 3.63) is 87.5 Å². The SMILES string of the molecule is NC(=O)CC1(c2ccc(CNc3ccc(Cl)cc3C(=O)Nc3ccc(Cl)cn3)cc2)CC1. The van der Waals surface area contributed by atoms with Crippen LogP contribution in [0.15, 0.2) is 60.8 Å². The van der Waals surface area contributed by atoms with Crippen molar-refractivity contribution in [3.63, 3.8) is 0 Å². The van der Waals surface area contributed by atoms with Gasteiger partial charge in [-0.1, -0.05) is 47.5 Å². The van der Waals surface area contributed by atoms with Crippen LogP contribution in [0.3, 0.4) is 0 Å². The van der Waals surface area contributed by atoms with Crippen LogP contribution in [0.1, 0.15) is 40.7 Å². The number of nitrogens with one attached hydrogen (secondary N) is 2. The number of anilines is 2. The molecule has 2 amide bonds. The molecule has 0 bridgehead atoms. The minimum absolute atomic E-state index is 0.0884. The van der Waals surface area contributed by atoms with E-state index in [1.165, 1.54) is 6.20 Å². The summed E-state index contributed by atoms with van der Waals surface area (Å²) in [6, 6.07) is 16.5. The molecule has 1 aliphatic carbocycles. The number of pyridine rings is 1. The molecule has 4 N–H and O–H groups in total. The maximum absolute atomic E-state index is 12.8. The quantitative estimate of drug-likeness (QED) is 0.425. The van der Waals surface area contributed by atoms with Crippen molar-refractivity contribution in [2.45, 2.75) is 31.2 Å². The number of benzene rings is 2. The number of carbonyl (C=O) groups excluding carboxylic acids is 2. The van der Waals surface area contributed by atoms with E-state index in [0.717, 1.165) is 24.0 Å². The molecule has 32 heavy (non-hydrogen) atoms. The van der Waals surface area contributed by atoms with Crippen molar-refractivity contribution in [2.75, 3.05) is 10.6 Å². The molecule has 1 heterocycles. The molecule has 4 rings (SSSR count). The fourth-order valence-corrected chi connectivity index (χ4v) is 4.00. The Morgan fingerprint density at radius 2 is 1.72 bits per heavy atom. The first-order valence-corrected chi connectivity index (χ1v) is 10.9. The van der Waals surface area contributed by atoms with Gasteiger partial charge in [-0.25, -0.2) is 4.98 Å². The van der Waals surface area contributed by atoms with Gasteiger partial charge in [0.2, 0.25) is 5.91 Å². The van der Waals surface area contributed by atoms with Crippen LogP contribution in [0.2, 0.25) is 10.0 Å². The van der Waals surface area contributed by atoms with Crippen molar-refractivity contribution in [3.8, 4) is 0 Å². The van der Waals surface area contributed by atoms with Gasteiger partial charge in [-0.05, 0) is 54.3 Å². The number of aromatic nitrogens is 1. The molecule has 0 saturated heterocycles. The van der Waals surface area contributed by atoms with Gasteiger partial charge in [-0.3, -0.25) is 9.59 Å². The summed E-state index contributed by atoms with van der Waals surface area (Å²) in [5, 5.41) is 7.00. The summed E-state index contributed by atoms with van der Waals surface area (Å²) in [5.41, 5.74) is 8.56. The molecule has 0 atom stereocenters. The number of halogens is 2. The molecule has 8 heteroatoms. The van der Waals surface area contributed by atoms with Crippen LogP contribution < -0.4 is 16.4 Å². The van der Waals surface area contributed by atoms with E-state index in [9.17, 15) is 9.59 Å². The average molecular weight is 469 g/mol. The van der Waals surface area contributed by atoms with Crippen molar-refractivity contribution in [1.29, 1.82) is 0 Å². The zero-order valence-electron chi connectivity index (χ0n) is 17.2. The third-order valence-electron chi connectivity index (χ3n) is 5.61. The highest BCUT2D eigenvalue weighted by Crippen LogP contribution is 2.50. The Labute approximate surface area is 196 Å². The van der Waals surface area contributed by atoms with E-state index in [0.29, 0.717) is 40.1 Å². The highest BCUT2D eigenvalue weighted by molar-refractivity contribution is 6.31. The third kappa shape index (κ3) is 5.21. The van der Waals surface area contributed by atoms with Gasteiger partial charge in [0.1, 0.15) is 5.82 Å². The number of carbonyl (C=O) groups is 2. The number of primary amides is 1. The number of hydrogen-bond donors (Lipinski definition) is 3. The Morgan fingerprint density at radius 1 is 1.00 bits per heavy atom. The second kappa shape index (κ2) is 9.18. The first-order valence-electron chi connectivity index (χ1n) is 10.2. The van der Waals surface area contributed by atoms with Gasteiger partial charge < -0.3 is 16.4 Å². The number of hydrogen-bond acceptors (Lipinski definition) is 4. The summed E-state index contributed by atoms with van der Waals surface area (Å²) in [7, 11) is 0. The van der Waals surface area contributed by atoms with E-state index >= 15 is 0 Å². The lowest BCUT2D eigenvalue weighted by molar-refractivity contribution is -0.118. The van der Waals surface area contributed by atoms with Crippen molar-refractivity contribution < 1.29 is 9.59 Å². The first-order chi connectivity index (χ1) is 15.3. The number of nitrogens with zero attached hydrogens (tertiary/aromatic N) is 1. The standard InChI is InChI=1S/C24H22Cl2N4O2/c25-17-5-7-20(19(11-17)23(32)30-22-8-6-18(26)14-29-22)28-13-15-1-3-16(4-2-15)24(9-10-24)12-21(27)31/h1-8,11,14,28H,9-10,12-13H2,(H2,27,31)(H,29,30,32). The Bertz CT molecular complexity index is 1140. The van der Waals surface area contributed by atoms with Gasteiger partial charge in [0.15, 0.2) is 0 Å². The van der Waals surface area contributed by atoms with Crippen LogP contribution in [-0.4, -0.2) is 16.8 Å². The third-order valence-corrected chi connectivity index (χ3v) is 6.07. The number of nitrogens with two attached hydrogens (primary N) is 1. The monoisotopic (exact) mass is 468 g/mol. The van der Waals surface area contributed by atoms with E-state index < -0.39 is 0 Å². The molecule has 1 saturated carbocycles. The molecule has 164 valence electrons. The zero-order chi connectivity index (χ0) is 22.7. The molecule has 0 radical (unpaired) electrons. The minimum Gasteiger partial charge on any atom is -0.380 e. The van der Waals surface area contributed by atoms with Crippen LogP contribution >= 0.6 is 23.2 Å². The highest BCUT2D eigenvalue weighted by atomic mass is 35.5. The van der Waals surface area contributed by atoms with Gasteiger partial charge in [-0.2, -0.15) is 0 Å². The second-order valence-electron chi connectivity index (χ2n) is 7.98. The van der Waals surface area contributed by atoms with Gasteiger partial charge in [0, 0.05) is 35.3 Å². The summed E-state index contributed by atoms with van der Waals surface area (Å²) in [4.78, 5) is 28.3. The summed E-state index contributed by atoms with van der Waals surface area (Å²) < 4.78 is 0. The number of amides is 2. The van der Waals surface area contributed by atoms with Gasteiger partial charge in [-0.15, -0.1) is 0 Å². The largest absolute Gasteiger partial charge is 0.380 e. The molecule has 1 aliphatic rings. The smallest absolute Gasteiger partial charge is 0.258 e. The summed E-state index contributed by atoms with van der Waals surface area (Å²) >= 11 is 12.0. The lowest BCUT2D eigenvalue weighted by Crippen LogP contribution is -2.20. The Balaban J connectivity index is 1.45. The molecule has 6 nitrogen and oxygen atoms in total. The molecule has 0 aliphatic heterocycles. The van der Waals surface area contributed by atoms with Gasteiger partial charge in [0.25, 0.3) is 5.91 Å². The van der Waals surface area contributed by atoms with Crippen molar-refractivity contribution in [1.82, 2.24) is 4.98 Å². The van der Waals surface area contributed by atoms with Crippen LogP contribution in [0.25, 0.3) is 0 Å². The van der Waals surface area contributed by atoms with E-state index in [1.807, 2.05) is 12.1 Å². The Morgan fingerprint density at radius 3 is 2.34 bits per heavy atom. The summed E-state index contributed by atoms with van der Waals surface area (Å²) in [6.45, 7) is 0.518. The number of rotatable bonds is 8. The molecular weight excluding hydrogens is 447 g/mol. The van der Waals surface area contributed by atoms with Crippen molar-refractivity contribution >= 4 is 46.5 Å². The van der Waals surface area contributed by atoms with Gasteiger partial charge >= 0.3 is 0 Å². The van der Waals surface area contributed by atoms with E-state index in [2.05, 4.69) is 27.8 Å². The molecule has 0 spiro atoms. The minimum atomic E-state index is -0.331. The second-order valence-corrected chi connectivity index (χ2v) is 8.85. The molecule has 1 aromatic heterocycles. The maximum Gasteiger partial charge on any atom is 0.258 e. The average Bonchev–Trinajstić information content (AvgIpc) is 3.54. The molecule has 3 aromatic rings. The lowest BCUT2D eigenvalue weighted by Gasteiger charge is -2.15. The van der Waals surface area contributed by atoms with Crippen molar-refractivity contribution in [2.24, 2.45) is 5.73 Å². The van der Waals surface area contributed by atoms with E-state index in [1.54, 1.807) is 30.3 Å². The lowest BCUT2D eigenvalue weighted by atomic mass is 9.91.